The lowest BCUT2D eigenvalue weighted by atomic mass is 10.2. The molecule has 24 heavy (non-hydrogen) atoms. The van der Waals surface area contributed by atoms with Crippen LogP contribution < -0.4 is 0 Å². The number of morpholine rings is 1. The van der Waals surface area contributed by atoms with Gasteiger partial charge in [0.05, 0.1) is 23.9 Å². The summed E-state index contributed by atoms with van der Waals surface area (Å²) < 4.78 is 5.40. The highest BCUT2D eigenvalue weighted by molar-refractivity contribution is 7.99. The van der Waals surface area contributed by atoms with Gasteiger partial charge in [0, 0.05) is 48.4 Å². The first-order chi connectivity index (χ1) is 11.8. The predicted octanol–water partition coefficient (Wildman–Crippen LogP) is 3.50. The molecule has 2 aromatic rings. The lowest BCUT2D eigenvalue weighted by Crippen LogP contribution is -2.37. The van der Waals surface area contributed by atoms with E-state index in [2.05, 4.69) is 27.9 Å². The Morgan fingerprint density at radius 3 is 2.75 bits per heavy atom. The molecule has 1 saturated heterocycles. The van der Waals surface area contributed by atoms with Crippen LogP contribution in [0.25, 0.3) is 0 Å². The lowest BCUT2D eigenvalue weighted by molar-refractivity contribution is 0.0410. The Morgan fingerprint density at radius 1 is 1.08 bits per heavy atom. The van der Waals surface area contributed by atoms with E-state index in [0.29, 0.717) is 0 Å². The van der Waals surface area contributed by atoms with Gasteiger partial charge in [-0.1, -0.05) is 6.07 Å². The van der Waals surface area contributed by atoms with Crippen LogP contribution in [0.1, 0.15) is 11.3 Å². The molecule has 0 aliphatic carbocycles. The predicted molar refractivity (Wildman–Crippen MR) is 101 cm³/mol. The van der Waals surface area contributed by atoms with Gasteiger partial charge in [0.1, 0.15) is 0 Å². The first-order valence-corrected chi connectivity index (χ1v) is 10.2. The number of aromatic nitrogens is 2. The molecule has 1 aliphatic heterocycles. The fourth-order valence-electron chi connectivity index (χ4n) is 2.55. The number of rotatable bonds is 7. The maximum atomic E-state index is 5.40. The third-order valence-corrected chi connectivity index (χ3v) is 6.12. The number of nitrogens with zero attached hydrogens (tertiary/aromatic N) is 3. The maximum absolute atomic E-state index is 5.40. The quantitative estimate of drug-likeness (QED) is 0.703. The summed E-state index contributed by atoms with van der Waals surface area (Å²) in [5.41, 5.74) is 2.45. The highest BCUT2D eigenvalue weighted by atomic mass is 32.2. The van der Waals surface area contributed by atoms with Crippen LogP contribution in [-0.2, 0) is 10.5 Å². The minimum Gasteiger partial charge on any atom is -0.379 e. The molecule has 1 fully saturated rings. The average molecular weight is 362 g/mol. The fourth-order valence-corrected chi connectivity index (χ4v) is 4.49. The molecule has 0 radical (unpaired) electrons. The minimum atomic E-state index is 0.862. The van der Waals surface area contributed by atoms with Crippen LogP contribution in [-0.4, -0.2) is 53.5 Å². The molecule has 0 aromatic carbocycles. The second-order valence-electron chi connectivity index (χ2n) is 5.64. The average Bonchev–Trinajstić information content (AvgIpc) is 2.64. The van der Waals surface area contributed by atoms with Gasteiger partial charge in [0.25, 0.3) is 0 Å². The van der Waals surface area contributed by atoms with Crippen LogP contribution in [0.15, 0.2) is 46.6 Å². The molecule has 0 bridgehead atoms. The summed E-state index contributed by atoms with van der Waals surface area (Å²) >= 11 is 3.67. The van der Waals surface area contributed by atoms with Crippen molar-refractivity contribution in [1.29, 1.82) is 0 Å². The van der Waals surface area contributed by atoms with Crippen LogP contribution >= 0.6 is 23.5 Å². The van der Waals surface area contributed by atoms with Gasteiger partial charge in [-0.2, -0.15) is 0 Å². The van der Waals surface area contributed by atoms with Gasteiger partial charge >= 0.3 is 0 Å². The Labute approximate surface area is 152 Å². The number of thioether (sulfide) groups is 2. The van der Waals surface area contributed by atoms with E-state index in [0.717, 1.165) is 55.1 Å². The number of pyridine rings is 2. The maximum Gasteiger partial charge on any atom is 0.0963 e. The van der Waals surface area contributed by atoms with Crippen molar-refractivity contribution < 1.29 is 4.74 Å². The summed E-state index contributed by atoms with van der Waals surface area (Å²) in [6, 6.07) is 8.14. The zero-order chi connectivity index (χ0) is 16.6. The molecule has 128 valence electrons. The van der Waals surface area contributed by atoms with Crippen molar-refractivity contribution in [2.24, 2.45) is 0 Å². The van der Waals surface area contributed by atoms with Crippen LogP contribution in [0.2, 0.25) is 0 Å². The Balaban J connectivity index is 1.52. The molecule has 0 unspecified atom stereocenters. The molecule has 6 heteroatoms. The van der Waals surface area contributed by atoms with Gasteiger partial charge < -0.3 is 4.74 Å². The summed E-state index contributed by atoms with van der Waals surface area (Å²) in [6.07, 6.45) is 3.76. The molecular weight excluding hydrogens is 338 g/mol. The van der Waals surface area contributed by atoms with E-state index in [9.17, 15) is 0 Å². The van der Waals surface area contributed by atoms with E-state index >= 15 is 0 Å². The summed E-state index contributed by atoms with van der Waals surface area (Å²) in [5.74, 6) is 1.97. The van der Waals surface area contributed by atoms with Crippen LogP contribution in [0.4, 0.5) is 0 Å². The van der Waals surface area contributed by atoms with Gasteiger partial charge in [-0.25, -0.2) is 4.98 Å². The zero-order valence-corrected chi connectivity index (χ0v) is 15.6. The summed E-state index contributed by atoms with van der Waals surface area (Å²) in [6.45, 7) is 7.15. The summed E-state index contributed by atoms with van der Waals surface area (Å²) in [4.78, 5) is 12.7. The van der Waals surface area contributed by atoms with E-state index in [-0.39, 0.29) is 0 Å². The number of hydrogen-bond donors (Lipinski definition) is 0. The molecule has 0 N–H and O–H groups in total. The number of hydrogen-bond acceptors (Lipinski definition) is 6. The van der Waals surface area contributed by atoms with Crippen molar-refractivity contribution in [3.05, 3.63) is 47.9 Å². The first kappa shape index (κ1) is 17.7. The van der Waals surface area contributed by atoms with Crippen LogP contribution in [0.5, 0.6) is 0 Å². The van der Waals surface area contributed by atoms with Crippen LogP contribution in [0, 0.1) is 6.92 Å². The van der Waals surface area contributed by atoms with Crippen molar-refractivity contribution in [1.82, 2.24) is 14.9 Å². The molecular formula is C18H23N3OS2. The SMILES string of the molecule is Cc1c(SCCN2CCOCC2)ccnc1CSc1ccccn1. The zero-order valence-electron chi connectivity index (χ0n) is 14.0. The Kier molecular flexibility index (Phi) is 6.96. The minimum absolute atomic E-state index is 0.862. The molecule has 0 spiro atoms. The second-order valence-corrected chi connectivity index (χ2v) is 7.77. The Hall–Kier alpha value is -1.08. The van der Waals surface area contributed by atoms with Crippen molar-refractivity contribution in [3.8, 4) is 0 Å². The second kappa shape index (κ2) is 9.42. The van der Waals surface area contributed by atoms with E-state index < -0.39 is 0 Å². The molecule has 3 rings (SSSR count). The van der Waals surface area contributed by atoms with Gasteiger partial charge in [-0.3, -0.25) is 9.88 Å². The van der Waals surface area contributed by atoms with Gasteiger partial charge in [-0.15, -0.1) is 23.5 Å². The number of ether oxygens (including phenoxy) is 1. The van der Waals surface area contributed by atoms with E-state index in [1.165, 1.54) is 10.5 Å². The molecule has 0 atom stereocenters. The van der Waals surface area contributed by atoms with Gasteiger partial charge in [-0.05, 0) is 30.7 Å². The molecule has 4 nitrogen and oxygen atoms in total. The Bertz CT molecular complexity index is 633. The fraction of sp³-hybridized carbons (Fsp3) is 0.444. The molecule has 3 heterocycles. The Morgan fingerprint density at radius 2 is 1.96 bits per heavy atom. The normalized spacial score (nSPS) is 15.5. The van der Waals surface area contributed by atoms with Crippen LogP contribution in [0.3, 0.4) is 0 Å². The standard InChI is InChI=1S/C18H23N3OS2/c1-15-16(14-24-18-4-2-3-6-20-18)19-7-5-17(15)23-13-10-21-8-11-22-12-9-21/h2-7H,8-14H2,1H3. The third-order valence-electron chi connectivity index (χ3n) is 4.02. The molecule has 0 saturated carbocycles. The first-order valence-electron chi connectivity index (χ1n) is 8.24. The molecule has 1 aliphatic rings. The topological polar surface area (TPSA) is 38.2 Å². The highest BCUT2D eigenvalue weighted by Crippen LogP contribution is 2.27. The smallest absolute Gasteiger partial charge is 0.0963 e. The van der Waals surface area contributed by atoms with E-state index in [4.69, 9.17) is 4.74 Å². The van der Waals surface area contributed by atoms with E-state index in [1.807, 2.05) is 42.4 Å². The van der Waals surface area contributed by atoms with Crippen molar-refractivity contribution in [2.75, 3.05) is 38.6 Å². The molecule has 2 aromatic heterocycles. The summed E-state index contributed by atoms with van der Waals surface area (Å²) in [5, 5.41) is 1.05. The molecule has 0 amide bonds. The van der Waals surface area contributed by atoms with Crippen molar-refractivity contribution in [2.45, 2.75) is 22.6 Å². The monoisotopic (exact) mass is 361 g/mol. The van der Waals surface area contributed by atoms with E-state index in [1.54, 1.807) is 11.8 Å². The highest BCUT2D eigenvalue weighted by Gasteiger charge is 2.11. The van der Waals surface area contributed by atoms with Gasteiger partial charge in [0.15, 0.2) is 0 Å². The van der Waals surface area contributed by atoms with Gasteiger partial charge in [0.2, 0.25) is 0 Å². The third kappa shape index (κ3) is 5.21. The van der Waals surface area contributed by atoms with Crippen molar-refractivity contribution >= 4 is 23.5 Å². The lowest BCUT2D eigenvalue weighted by Gasteiger charge is -2.26. The van der Waals surface area contributed by atoms with Crippen molar-refractivity contribution in [3.63, 3.8) is 0 Å². The largest absolute Gasteiger partial charge is 0.379 e. The summed E-state index contributed by atoms with van der Waals surface area (Å²) in [7, 11) is 0.